The monoisotopic (exact) mass is 397 g/mol. The fourth-order valence-corrected chi connectivity index (χ4v) is 0. The van der Waals surface area contributed by atoms with E-state index in [0.29, 0.717) is 23.0 Å². The zero-order chi connectivity index (χ0) is 6.50. The van der Waals surface area contributed by atoms with Crippen LogP contribution in [0.1, 0.15) is 0 Å². The molecule has 0 N–H and O–H groups in total. The van der Waals surface area contributed by atoms with Crippen molar-refractivity contribution in [1.82, 2.24) is 0 Å². The van der Waals surface area contributed by atoms with Crippen molar-refractivity contribution in [1.29, 1.82) is 0 Å². The first-order valence-electron chi connectivity index (χ1n) is 0.939. The Balaban J connectivity index is 0. The Labute approximate surface area is 74.3 Å². The topological polar surface area (TPSA) is 17.1 Å². The van der Waals surface area contributed by atoms with Gasteiger partial charge in [-0.15, -0.1) is 0 Å². The minimum absolute atomic E-state index is 0.500. The van der Waals surface area contributed by atoms with Crippen LogP contribution in [0.3, 0.4) is 0 Å². The molecule has 0 amide bonds. The van der Waals surface area contributed by atoms with Gasteiger partial charge in [0.15, 0.2) is 0 Å². The second-order valence-electron chi connectivity index (χ2n) is 0.429. The van der Waals surface area contributed by atoms with Gasteiger partial charge in [-0.05, 0) is 0 Å². The molecule has 1 nitrogen and oxygen atoms in total. The van der Waals surface area contributed by atoms with Gasteiger partial charge in [0.1, 0.15) is 0 Å². The molecule has 0 aliphatic carbocycles. The summed E-state index contributed by atoms with van der Waals surface area (Å²) < 4.78 is 8.30. The van der Waals surface area contributed by atoms with Gasteiger partial charge in [0, 0.05) is 0 Å². The Morgan fingerprint density at radius 3 is 1.00 bits per heavy atom. The molecular formula is Cl4OSbSn. The Kier molecular flexibility index (Phi) is 11.7. The molecule has 0 aromatic heterocycles. The Morgan fingerprint density at radius 2 is 1.00 bits per heavy atom. The molecule has 0 unspecified atom stereocenters. The van der Waals surface area contributed by atoms with Crippen LogP contribution < -0.4 is 0 Å². The summed E-state index contributed by atoms with van der Waals surface area (Å²) in [7, 11) is 20.1. The van der Waals surface area contributed by atoms with E-state index in [9.17, 15) is 0 Å². The van der Waals surface area contributed by atoms with E-state index in [1.54, 1.807) is 0 Å². The minimum atomic E-state index is -3.29. The van der Waals surface area contributed by atoms with Crippen LogP contribution in [0.15, 0.2) is 0 Å². The number of hydrogen-bond acceptors (Lipinski definition) is 1. The van der Waals surface area contributed by atoms with Crippen LogP contribution in [0.5, 0.6) is 0 Å². The first kappa shape index (κ1) is 12.3. The molecule has 43 valence electrons. The molecule has 0 aliphatic heterocycles. The van der Waals surface area contributed by atoms with E-state index in [-0.39, 0.29) is 0 Å². The van der Waals surface area contributed by atoms with Gasteiger partial charge in [-0.1, -0.05) is 0 Å². The van der Waals surface area contributed by atoms with Crippen molar-refractivity contribution in [2.75, 3.05) is 0 Å². The maximum atomic E-state index is 8.30. The molecular weight excluding hydrogens is 398 g/mol. The van der Waals surface area contributed by atoms with E-state index >= 15 is 0 Å². The summed E-state index contributed by atoms with van der Waals surface area (Å²) in [6, 6.07) is 0. The van der Waals surface area contributed by atoms with E-state index in [1.165, 1.54) is 0 Å². The van der Waals surface area contributed by atoms with E-state index in [0.717, 1.165) is 0 Å². The quantitative estimate of drug-likeness (QED) is 0.570. The normalized spacial score (nSPS) is 9.14. The molecule has 0 atom stereocenters. The van der Waals surface area contributed by atoms with Gasteiger partial charge in [-0.3, -0.25) is 0 Å². The average Bonchev–Trinajstić information content (AvgIpc) is 1.36. The third kappa shape index (κ3) is 55.9. The van der Waals surface area contributed by atoms with Gasteiger partial charge in [-0.25, -0.2) is 0 Å². The van der Waals surface area contributed by atoms with Gasteiger partial charge >= 0.3 is 75.6 Å². The molecule has 0 bridgehead atoms. The molecule has 0 saturated carbocycles. The molecule has 0 aromatic rings. The van der Waals surface area contributed by atoms with Gasteiger partial charge in [0.25, 0.3) is 0 Å². The Morgan fingerprint density at radius 1 is 1.00 bits per heavy atom. The Hall–Kier alpha value is 2.58. The second-order valence-corrected chi connectivity index (χ2v) is 25.9. The predicted octanol–water partition coefficient (Wildman–Crippen LogP) is 1.88. The molecule has 0 spiro atoms. The van der Waals surface area contributed by atoms with Gasteiger partial charge in [0.05, 0.1) is 0 Å². The number of rotatable bonds is 0. The van der Waals surface area contributed by atoms with Crippen molar-refractivity contribution in [2.45, 2.75) is 0 Å². The van der Waals surface area contributed by atoms with Crippen molar-refractivity contribution in [3.05, 3.63) is 0 Å². The summed E-state index contributed by atoms with van der Waals surface area (Å²) in [5, 5.41) is 0. The van der Waals surface area contributed by atoms with Crippen LogP contribution >= 0.6 is 35.7 Å². The first-order chi connectivity index (χ1) is 3.00. The third-order valence-corrected chi connectivity index (χ3v) is 0. The van der Waals surface area contributed by atoms with Crippen molar-refractivity contribution >= 4 is 72.6 Å². The third-order valence-electron chi connectivity index (χ3n) is 0. The summed E-state index contributed by atoms with van der Waals surface area (Å²) >= 11 is -2.79. The van der Waals surface area contributed by atoms with Crippen LogP contribution in [0.2, 0.25) is 0 Å². The summed E-state index contributed by atoms with van der Waals surface area (Å²) in [4.78, 5) is 0. The average molecular weight is 398 g/mol. The van der Waals surface area contributed by atoms with E-state index < -0.39 is 13.9 Å². The molecule has 0 fully saturated rings. The van der Waals surface area contributed by atoms with Crippen LogP contribution in [-0.2, 0) is 3.02 Å². The van der Waals surface area contributed by atoms with E-state index in [2.05, 4.69) is 0 Å². The van der Waals surface area contributed by atoms with Crippen LogP contribution in [0.25, 0.3) is 0 Å². The van der Waals surface area contributed by atoms with E-state index in [4.69, 9.17) is 38.7 Å². The summed E-state index contributed by atoms with van der Waals surface area (Å²) in [6.07, 6.45) is 0. The van der Waals surface area contributed by atoms with Crippen molar-refractivity contribution in [3.63, 3.8) is 0 Å². The van der Waals surface area contributed by atoms with Crippen molar-refractivity contribution in [3.8, 4) is 0 Å². The summed E-state index contributed by atoms with van der Waals surface area (Å²) in [5.41, 5.74) is 0. The zero-order valence-corrected chi connectivity index (χ0v) is 11.3. The van der Waals surface area contributed by atoms with Crippen LogP contribution in [0, 0.1) is 0 Å². The molecule has 0 heterocycles. The predicted molar refractivity (Wildman–Crippen MR) is 35.6 cm³/mol. The van der Waals surface area contributed by atoms with Crippen LogP contribution in [-0.4, -0.2) is 36.9 Å². The number of halogens is 4. The molecule has 0 saturated heterocycles. The van der Waals surface area contributed by atoms with Gasteiger partial charge in [-0.2, -0.15) is 0 Å². The molecule has 7 heteroatoms. The van der Waals surface area contributed by atoms with E-state index in [1.807, 2.05) is 0 Å². The second kappa shape index (κ2) is 6.69. The number of hydrogen-bond donors (Lipinski definition) is 0. The molecule has 1 radical (unpaired) electrons. The summed E-state index contributed by atoms with van der Waals surface area (Å²) in [6.45, 7) is 0. The Bertz CT molecular complexity index is 35.4. The fourth-order valence-electron chi connectivity index (χ4n) is 0. The SMILES string of the molecule is [Cl][Sn]([Cl])([Cl])[Cl].[O]=[Sb]. The van der Waals surface area contributed by atoms with Crippen molar-refractivity contribution < 1.29 is 3.02 Å². The maximum absolute atomic E-state index is 8.30. The molecule has 7 heavy (non-hydrogen) atoms. The fraction of sp³-hybridized carbons (Fsp3) is 0. The van der Waals surface area contributed by atoms with Crippen LogP contribution in [0.4, 0.5) is 0 Å². The first-order valence-corrected chi connectivity index (χ1v) is 16.4. The van der Waals surface area contributed by atoms with Crippen molar-refractivity contribution in [2.24, 2.45) is 0 Å². The molecule has 0 aliphatic rings. The molecule has 0 rings (SSSR count). The zero-order valence-electron chi connectivity index (χ0n) is 2.87. The van der Waals surface area contributed by atoms with Gasteiger partial charge < -0.3 is 0 Å². The summed E-state index contributed by atoms with van der Waals surface area (Å²) in [5.74, 6) is 0. The molecule has 0 aromatic carbocycles. The van der Waals surface area contributed by atoms with Gasteiger partial charge in [0.2, 0.25) is 0 Å². The standard InChI is InChI=1S/4ClH.O.Sb.Sn/h4*1H;;;/q;;;;;;+4/p-4.